The fraction of sp³-hybridized carbons (Fsp3) is 0.273. The van der Waals surface area contributed by atoms with Gasteiger partial charge < -0.3 is 9.84 Å². The van der Waals surface area contributed by atoms with Gasteiger partial charge in [0.05, 0.1) is 11.6 Å². The lowest BCUT2D eigenvalue weighted by Gasteiger charge is -2.21. The molecule has 0 spiro atoms. The second-order valence-electron chi connectivity index (χ2n) is 3.56. The summed E-state index contributed by atoms with van der Waals surface area (Å²) in [5.41, 5.74) is -0.859. The molecule has 0 heterocycles. The molecule has 0 unspecified atom stereocenters. The predicted molar refractivity (Wildman–Crippen MR) is 53.5 cm³/mol. The number of carboxylic acids is 1. The molecule has 1 N–H and O–H groups in total. The Kier molecular flexibility index (Phi) is 2.96. The van der Waals surface area contributed by atoms with E-state index in [4.69, 9.17) is 15.1 Å². The van der Waals surface area contributed by atoms with Gasteiger partial charge in [-0.1, -0.05) is 6.07 Å². The highest BCUT2D eigenvalue weighted by molar-refractivity contribution is 5.76. The quantitative estimate of drug-likeness (QED) is 0.816. The molecule has 0 saturated carbocycles. The van der Waals surface area contributed by atoms with Crippen LogP contribution in [0.15, 0.2) is 24.3 Å². The molecule has 0 fully saturated rings. The number of nitriles is 1. The third kappa shape index (κ3) is 2.71. The molecular weight excluding hydrogens is 194 g/mol. The topological polar surface area (TPSA) is 70.3 Å². The largest absolute Gasteiger partial charge is 0.478 e. The third-order valence-electron chi connectivity index (χ3n) is 1.85. The van der Waals surface area contributed by atoms with E-state index < -0.39 is 11.6 Å². The van der Waals surface area contributed by atoms with Gasteiger partial charge in [0, 0.05) is 0 Å². The van der Waals surface area contributed by atoms with Crippen LogP contribution in [0, 0.1) is 11.3 Å². The van der Waals surface area contributed by atoms with Gasteiger partial charge in [-0.25, -0.2) is 4.79 Å². The zero-order valence-corrected chi connectivity index (χ0v) is 8.52. The minimum atomic E-state index is -1.30. The van der Waals surface area contributed by atoms with E-state index in [0.717, 1.165) is 0 Å². The summed E-state index contributed by atoms with van der Waals surface area (Å²) in [6.07, 6.45) is 0. The first kappa shape index (κ1) is 11.1. The summed E-state index contributed by atoms with van der Waals surface area (Å²) < 4.78 is 5.26. The van der Waals surface area contributed by atoms with Crippen LogP contribution in [0.25, 0.3) is 0 Å². The van der Waals surface area contributed by atoms with Crippen LogP contribution in [0.1, 0.15) is 19.4 Å². The molecule has 15 heavy (non-hydrogen) atoms. The molecule has 78 valence electrons. The van der Waals surface area contributed by atoms with Crippen LogP contribution in [-0.4, -0.2) is 16.7 Å². The number of rotatable bonds is 3. The molecule has 0 amide bonds. The molecule has 0 aliphatic carbocycles. The summed E-state index contributed by atoms with van der Waals surface area (Å²) in [7, 11) is 0. The highest BCUT2D eigenvalue weighted by Gasteiger charge is 2.29. The average Bonchev–Trinajstić information content (AvgIpc) is 2.17. The van der Waals surface area contributed by atoms with Gasteiger partial charge in [-0.3, -0.25) is 0 Å². The Morgan fingerprint density at radius 1 is 1.53 bits per heavy atom. The number of carboxylic acid groups (broad SMARTS) is 1. The maximum absolute atomic E-state index is 10.8. The van der Waals surface area contributed by atoms with Crippen LogP contribution < -0.4 is 4.74 Å². The van der Waals surface area contributed by atoms with E-state index in [0.29, 0.717) is 11.3 Å². The van der Waals surface area contributed by atoms with Crippen molar-refractivity contribution in [3.63, 3.8) is 0 Å². The Morgan fingerprint density at radius 2 is 2.20 bits per heavy atom. The maximum Gasteiger partial charge on any atom is 0.347 e. The number of benzene rings is 1. The molecule has 0 atom stereocenters. The second-order valence-corrected chi connectivity index (χ2v) is 3.56. The first-order valence-electron chi connectivity index (χ1n) is 4.38. The van der Waals surface area contributed by atoms with Gasteiger partial charge in [-0.15, -0.1) is 0 Å². The lowest BCUT2D eigenvalue weighted by atomic mass is 10.1. The van der Waals surface area contributed by atoms with Crippen molar-refractivity contribution in [2.24, 2.45) is 0 Å². The maximum atomic E-state index is 10.8. The number of aliphatic carboxylic acids is 1. The summed E-state index contributed by atoms with van der Waals surface area (Å²) in [6.45, 7) is 2.91. The number of ether oxygens (including phenoxy) is 1. The second kappa shape index (κ2) is 4.01. The van der Waals surface area contributed by atoms with E-state index in [1.807, 2.05) is 6.07 Å². The number of carbonyl (C=O) groups is 1. The Labute approximate surface area is 87.7 Å². The van der Waals surface area contributed by atoms with Crippen LogP contribution in [-0.2, 0) is 4.79 Å². The molecule has 1 rings (SSSR count). The van der Waals surface area contributed by atoms with E-state index in [1.54, 1.807) is 18.2 Å². The van der Waals surface area contributed by atoms with Crippen molar-refractivity contribution < 1.29 is 14.6 Å². The number of hydrogen-bond donors (Lipinski definition) is 1. The Bertz CT molecular complexity index is 418. The number of hydrogen-bond acceptors (Lipinski definition) is 3. The van der Waals surface area contributed by atoms with E-state index >= 15 is 0 Å². The van der Waals surface area contributed by atoms with Crippen LogP contribution in [0.4, 0.5) is 0 Å². The summed E-state index contributed by atoms with van der Waals surface area (Å²) in [6, 6.07) is 8.35. The average molecular weight is 205 g/mol. The molecule has 0 aliphatic rings. The van der Waals surface area contributed by atoms with Crippen molar-refractivity contribution in [2.45, 2.75) is 19.4 Å². The Balaban J connectivity index is 2.91. The molecule has 1 aromatic rings. The molecule has 0 bridgehead atoms. The highest BCUT2D eigenvalue weighted by Crippen LogP contribution is 2.19. The fourth-order valence-corrected chi connectivity index (χ4v) is 0.967. The summed E-state index contributed by atoms with van der Waals surface area (Å²) in [5, 5.41) is 17.5. The molecular formula is C11H11NO3. The van der Waals surface area contributed by atoms with Crippen molar-refractivity contribution in [1.82, 2.24) is 0 Å². The van der Waals surface area contributed by atoms with Crippen molar-refractivity contribution in [1.29, 1.82) is 5.26 Å². The van der Waals surface area contributed by atoms with Gasteiger partial charge in [0.15, 0.2) is 5.60 Å². The van der Waals surface area contributed by atoms with Gasteiger partial charge in [0.25, 0.3) is 0 Å². The van der Waals surface area contributed by atoms with Crippen molar-refractivity contribution >= 4 is 5.97 Å². The number of nitrogens with zero attached hydrogens (tertiary/aromatic N) is 1. The summed E-state index contributed by atoms with van der Waals surface area (Å²) in [4.78, 5) is 10.8. The standard InChI is InChI=1S/C11H11NO3/c1-11(2,10(13)14)15-9-5-3-4-8(6-9)7-12/h3-6H,1-2H3,(H,13,14). The molecule has 0 radical (unpaired) electrons. The molecule has 0 aliphatic heterocycles. The first-order chi connectivity index (χ1) is 6.95. The molecule has 4 heteroatoms. The van der Waals surface area contributed by atoms with Gasteiger partial charge >= 0.3 is 5.97 Å². The van der Waals surface area contributed by atoms with Crippen LogP contribution in [0.3, 0.4) is 0 Å². The summed E-state index contributed by atoms with van der Waals surface area (Å²) >= 11 is 0. The highest BCUT2D eigenvalue weighted by atomic mass is 16.5. The van der Waals surface area contributed by atoms with E-state index in [1.165, 1.54) is 19.9 Å². The van der Waals surface area contributed by atoms with Crippen molar-refractivity contribution in [2.75, 3.05) is 0 Å². The summed E-state index contributed by atoms with van der Waals surface area (Å²) in [5.74, 6) is -0.675. The normalized spacial score (nSPS) is 10.5. The van der Waals surface area contributed by atoms with E-state index in [9.17, 15) is 4.79 Å². The van der Waals surface area contributed by atoms with Gasteiger partial charge in [-0.05, 0) is 32.0 Å². The monoisotopic (exact) mass is 205 g/mol. The van der Waals surface area contributed by atoms with Crippen molar-refractivity contribution in [3.05, 3.63) is 29.8 Å². The van der Waals surface area contributed by atoms with E-state index in [2.05, 4.69) is 0 Å². The molecule has 0 aromatic heterocycles. The third-order valence-corrected chi connectivity index (χ3v) is 1.85. The van der Waals surface area contributed by atoms with Gasteiger partial charge in [0.1, 0.15) is 5.75 Å². The van der Waals surface area contributed by atoms with Crippen molar-refractivity contribution in [3.8, 4) is 11.8 Å². The Morgan fingerprint density at radius 3 is 2.73 bits per heavy atom. The lowest BCUT2D eigenvalue weighted by Crippen LogP contribution is -2.37. The predicted octanol–water partition coefficient (Wildman–Crippen LogP) is 1.80. The smallest absolute Gasteiger partial charge is 0.347 e. The zero-order valence-electron chi connectivity index (χ0n) is 8.52. The SMILES string of the molecule is CC(C)(Oc1cccc(C#N)c1)C(=O)O. The Hall–Kier alpha value is -2.02. The lowest BCUT2D eigenvalue weighted by molar-refractivity contribution is -0.152. The molecule has 1 aromatic carbocycles. The van der Waals surface area contributed by atoms with Crippen LogP contribution >= 0.6 is 0 Å². The van der Waals surface area contributed by atoms with Crippen LogP contribution in [0.2, 0.25) is 0 Å². The molecule has 0 saturated heterocycles. The minimum Gasteiger partial charge on any atom is -0.478 e. The molecule has 4 nitrogen and oxygen atoms in total. The zero-order chi connectivity index (χ0) is 11.5. The minimum absolute atomic E-state index is 0.376. The van der Waals surface area contributed by atoms with Crippen LogP contribution in [0.5, 0.6) is 5.75 Å². The van der Waals surface area contributed by atoms with Gasteiger partial charge in [-0.2, -0.15) is 5.26 Å². The van der Waals surface area contributed by atoms with Gasteiger partial charge in [0.2, 0.25) is 0 Å². The fourth-order valence-electron chi connectivity index (χ4n) is 0.967. The first-order valence-corrected chi connectivity index (χ1v) is 4.38. The van der Waals surface area contributed by atoms with E-state index in [-0.39, 0.29) is 0 Å².